The summed E-state index contributed by atoms with van der Waals surface area (Å²) < 4.78 is 1.12. The van der Waals surface area contributed by atoms with Gasteiger partial charge >= 0.3 is 0 Å². The van der Waals surface area contributed by atoms with Crippen molar-refractivity contribution in [3.63, 3.8) is 0 Å². The Kier molecular flexibility index (Phi) is 5.43. The van der Waals surface area contributed by atoms with Gasteiger partial charge in [-0.3, -0.25) is 0 Å². The fraction of sp³-hybridized carbons (Fsp3) is 0.333. The predicted octanol–water partition coefficient (Wildman–Crippen LogP) is 3.71. The third-order valence-corrected chi connectivity index (χ3v) is 3.81. The van der Waals surface area contributed by atoms with Crippen LogP contribution in [0.2, 0.25) is 0 Å². The second-order valence-corrected chi connectivity index (χ2v) is 5.46. The van der Waals surface area contributed by atoms with Crippen LogP contribution >= 0.6 is 27.7 Å². The second kappa shape index (κ2) is 6.36. The molecule has 0 radical (unpaired) electrons. The van der Waals surface area contributed by atoms with E-state index in [1.807, 2.05) is 18.8 Å². The van der Waals surface area contributed by atoms with Gasteiger partial charge in [-0.1, -0.05) is 28.1 Å². The second-order valence-electron chi connectivity index (χ2n) is 3.45. The molecule has 0 aliphatic rings. The highest BCUT2D eigenvalue weighted by atomic mass is 79.9. The highest BCUT2D eigenvalue weighted by molar-refractivity contribution is 9.10. The summed E-state index contributed by atoms with van der Waals surface area (Å²) in [7, 11) is 1.97. The first-order valence-electron chi connectivity index (χ1n) is 4.84. The van der Waals surface area contributed by atoms with Gasteiger partial charge in [-0.05, 0) is 38.2 Å². The Morgan fingerprint density at radius 2 is 2.07 bits per heavy atom. The van der Waals surface area contributed by atoms with Crippen molar-refractivity contribution < 1.29 is 0 Å². The van der Waals surface area contributed by atoms with Crippen molar-refractivity contribution in [1.29, 1.82) is 0 Å². The lowest BCUT2D eigenvalue weighted by atomic mass is 10.2. The van der Waals surface area contributed by atoms with Crippen LogP contribution in [0.4, 0.5) is 0 Å². The molecule has 3 heteroatoms. The molecule has 82 valence electrons. The van der Waals surface area contributed by atoms with E-state index in [-0.39, 0.29) is 0 Å². The molecule has 0 aliphatic carbocycles. The zero-order valence-electron chi connectivity index (χ0n) is 9.09. The first kappa shape index (κ1) is 12.8. The fourth-order valence-corrected chi connectivity index (χ4v) is 2.59. The first-order valence-corrected chi connectivity index (χ1v) is 6.62. The van der Waals surface area contributed by atoms with E-state index in [9.17, 15) is 0 Å². The highest BCUT2D eigenvalue weighted by Crippen LogP contribution is 2.22. The van der Waals surface area contributed by atoms with Crippen molar-refractivity contribution in [2.24, 2.45) is 0 Å². The normalized spacial score (nSPS) is 12.5. The highest BCUT2D eigenvalue weighted by Gasteiger charge is 2.06. The number of hydrogen-bond donors (Lipinski definition) is 1. The molecular weight excluding hydrogens is 270 g/mol. The third kappa shape index (κ3) is 4.41. The Bertz CT molecular complexity index is 321. The summed E-state index contributed by atoms with van der Waals surface area (Å²) in [5.41, 5.74) is 1.18. The van der Waals surface area contributed by atoms with E-state index in [2.05, 4.69) is 59.0 Å². The van der Waals surface area contributed by atoms with Crippen LogP contribution in [0.1, 0.15) is 6.92 Å². The molecule has 0 aliphatic heterocycles. The zero-order valence-corrected chi connectivity index (χ0v) is 11.5. The SMILES string of the molecule is C=C(C)C(CSc1ccc(Br)cc1)NC. The maximum atomic E-state index is 3.97. The van der Waals surface area contributed by atoms with E-state index in [4.69, 9.17) is 0 Å². The topological polar surface area (TPSA) is 12.0 Å². The molecule has 0 fully saturated rings. The quantitative estimate of drug-likeness (QED) is 0.654. The number of likely N-dealkylation sites (N-methyl/N-ethyl adjacent to an activating group) is 1. The van der Waals surface area contributed by atoms with E-state index in [0.29, 0.717) is 6.04 Å². The summed E-state index contributed by atoms with van der Waals surface area (Å²) >= 11 is 5.27. The Morgan fingerprint density at radius 3 is 2.53 bits per heavy atom. The average Bonchev–Trinajstić information content (AvgIpc) is 2.21. The van der Waals surface area contributed by atoms with Gasteiger partial charge in [0.2, 0.25) is 0 Å². The summed E-state index contributed by atoms with van der Waals surface area (Å²) in [4.78, 5) is 1.29. The van der Waals surface area contributed by atoms with Crippen LogP contribution < -0.4 is 5.32 Å². The van der Waals surface area contributed by atoms with Crippen molar-refractivity contribution in [2.75, 3.05) is 12.8 Å². The van der Waals surface area contributed by atoms with Crippen LogP contribution in [0.15, 0.2) is 45.8 Å². The van der Waals surface area contributed by atoms with Gasteiger partial charge < -0.3 is 5.32 Å². The van der Waals surface area contributed by atoms with Crippen molar-refractivity contribution in [2.45, 2.75) is 17.9 Å². The Labute approximate surface area is 104 Å². The van der Waals surface area contributed by atoms with Gasteiger partial charge in [0, 0.05) is 21.2 Å². The van der Waals surface area contributed by atoms with Gasteiger partial charge in [-0.2, -0.15) is 0 Å². The molecule has 0 saturated heterocycles. The molecular formula is C12H16BrNS. The number of nitrogens with one attached hydrogen (secondary N) is 1. The number of hydrogen-bond acceptors (Lipinski definition) is 2. The van der Waals surface area contributed by atoms with Crippen LogP contribution in [-0.4, -0.2) is 18.8 Å². The molecule has 0 amide bonds. The maximum Gasteiger partial charge on any atom is 0.0366 e. The fourth-order valence-electron chi connectivity index (χ4n) is 1.18. The van der Waals surface area contributed by atoms with E-state index < -0.39 is 0 Å². The van der Waals surface area contributed by atoms with Gasteiger partial charge in [0.1, 0.15) is 0 Å². The van der Waals surface area contributed by atoms with Gasteiger partial charge in [0.15, 0.2) is 0 Å². The molecule has 1 aromatic carbocycles. The van der Waals surface area contributed by atoms with E-state index in [0.717, 1.165) is 10.2 Å². The minimum Gasteiger partial charge on any atom is -0.313 e. The zero-order chi connectivity index (χ0) is 11.3. The molecule has 0 bridgehead atoms. The number of rotatable bonds is 5. The number of benzene rings is 1. The molecule has 1 aromatic rings. The summed E-state index contributed by atoms with van der Waals surface area (Å²) in [5.74, 6) is 1.02. The van der Waals surface area contributed by atoms with E-state index in [1.54, 1.807) is 0 Å². The molecule has 0 saturated carbocycles. The number of thioether (sulfide) groups is 1. The molecule has 1 unspecified atom stereocenters. The Balaban J connectivity index is 2.49. The standard InChI is InChI=1S/C12H16BrNS/c1-9(2)12(14-3)8-15-11-6-4-10(13)5-7-11/h4-7,12,14H,1,8H2,2-3H3. The minimum atomic E-state index is 0.388. The molecule has 0 aromatic heterocycles. The van der Waals surface area contributed by atoms with Crippen molar-refractivity contribution in [1.82, 2.24) is 5.32 Å². The van der Waals surface area contributed by atoms with Crippen molar-refractivity contribution in [3.8, 4) is 0 Å². The lowest BCUT2D eigenvalue weighted by Gasteiger charge is -2.15. The average molecular weight is 286 g/mol. The van der Waals surface area contributed by atoms with Crippen molar-refractivity contribution >= 4 is 27.7 Å². The van der Waals surface area contributed by atoms with Crippen molar-refractivity contribution in [3.05, 3.63) is 40.9 Å². The number of halogens is 1. The van der Waals surface area contributed by atoms with E-state index in [1.165, 1.54) is 10.5 Å². The molecule has 1 rings (SSSR count). The van der Waals surface area contributed by atoms with Crippen LogP contribution in [0, 0.1) is 0 Å². The summed E-state index contributed by atoms with van der Waals surface area (Å²) in [6.45, 7) is 6.03. The lowest BCUT2D eigenvalue weighted by Crippen LogP contribution is -2.28. The maximum absolute atomic E-state index is 3.97. The molecule has 0 heterocycles. The monoisotopic (exact) mass is 285 g/mol. The molecule has 1 nitrogen and oxygen atoms in total. The van der Waals surface area contributed by atoms with Crippen LogP contribution in [0.3, 0.4) is 0 Å². The predicted molar refractivity (Wildman–Crippen MR) is 72.5 cm³/mol. The molecule has 1 atom stereocenters. The van der Waals surface area contributed by atoms with Gasteiger partial charge in [0.25, 0.3) is 0 Å². The third-order valence-electron chi connectivity index (χ3n) is 2.17. The summed E-state index contributed by atoms with van der Waals surface area (Å²) in [6, 6.07) is 8.77. The van der Waals surface area contributed by atoms with Gasteiger partial charge in [-0.15, -0.1) is 11.8 Å². The van der Waals surface area contributed by atoms with E-state index >= 15 is 0 Å². The Hall–Kier alpha value is -0.250. The van der Waals surface area contributed by atoms with Crippen LogP contribution in [-0.2, 0) is 0 Å². The summed E-state index contributed by atoms with van der Waals surface area (Å²) in [6.07, 6.45) is 0. The smallest absolute Gasteiger partial charge is 0.0366 e. The van der Waals surface area contributed by atoms with Crippen LogP contribution in [0.25, 0.3) is 0 Å². The van der Waals surface area contributed by atoms with Gasteiger partial charge in [0.05, 0.1) is 0 Å². The molecule has 0 spiro atoms. The Morgan fingerprint density at radius 1 is 1.47 bits per heavy atom. The van der Waals surface area contributed by atoms with Crippen LogP contribution in [0.5, 0.6) is 0 Å². The first-order chi connectivity index (χ1) is 7.13. The summed E-state index contributed by atoms with van der Waals surface area (Å²) in [5, 5.41) is 3.25. The minimum absolute atomic E-state index is 0.388. The molecule has 15 heavy (non-hydrogen) atoms. The van der Waals surface area contributed by atoms with Gasteiger partial charge in [-0.25, -0.2) is 0 Å². The molecule has 1 N–H and O–H groups in total. The largest absolute Gasteiger partial charge is 0.313 e. The lowest BCUT2D eigenvalue weighted by molar-refractivity contribution is 0.703.